The molecule has 0 aliphatic heterocycles. The van der Waals surface area contributed by atoms with E-state index in [9.17, 15) is 4.79 Å². The standard InChI is InChI=1S/C19H20N6O.2ClH/c20-11-14-6-7-16(18(22-14)13-4-5-13)19(26)23-17-8-10-25(24-17)12-15-3-1-2-9-21-15;;/h1-3,6-10,13H,4-5,11-12,20H2,(H,23,24,26);2*1H. The van der Waals surface area contributed by atoms with Crippen LogP contribution >= 0.6 is 24.8 Å². The van der Waals surface area contributed by atoms with Crippen molar-refractivity contribution in [3.63, 3.8) is 0 Å². The van der Waals surface area contributed by atoms with Crippen LogP contribution in [0.15, 0.2) is 48.8 Å². The second-order valence-corrected chi connectivity index (χ2v) is 6.39. The van der Waals surface area contributed by atoms with E-state index in [1.165, 1.54) is 0 Å². The van der Waals surface area contributed by atoms with Crippen molar-refractivity contribution in [2.24, 2.45) is 5.73 Å². The number of pyridine rings is 2. The third kappa shape index (κ3) is 5.07. The molecule has 1 aliphatic rings. The van der Waals surface area contributed by atoms with Gasteiger partial charge in [-0.2, -0.15) is 5.10 Å². The van der Waals surface area contributed by atoms with Gasteiger partial charge in [0, 0.05) is 30.9 Å². The molecule has 0 bridgehead atoms. The summed E-state index contributed by atoms with van der Waals surface area (Å²) in [5, 5.41) is 7.26. The normalized spacial score (nSPS) is 12.6. The van der Waals surface area contributed by atoms with Gasteiger partial charge >= 0.3 is 0 Å². The van der Waals surface area contributed by atoms with Gasteiger partial charge in [-0.05, 0) is 37.1 Å². The Bertz CT molecular complexity index is 927. The Morgan fingerprint density at radius 1 is 1.14 bits per heavy atom. The summed E-state index contributed by atoms with van der Waals surface area (Å²) in [6, 6.07) is 11.1. The van der Waals surface area contributed by atoms with Gasteiger partial charge in [0.05, 0.1) is 29.2 Å². The maximum absolute atomic E-state index is 12.7. The summed E-state index contributed by atoms with van der Waals surface area (Å²) in [5.74, 6) is 0.686. The van der Waals surface area contributed by atoms with Crippen molar-refractivity contribution in [3.8, 4) is 0 Å². The molecule has 7 nitrogen and oxygen atoms in total. The third-order valence-corrected chi connectivity index (χ3v) is 4.33. The van der Waals surface area contributed by atoms with Crippen molar-refractivity contribution in [2.75, 3.05) is 5.32 Å². The number of nitrogens with two attached hydrogens (primary N) is 1. The van der Waals surface area contributed by atoms with Crippen LogP contribution < -0.4 is 11.1 Å². The predicted octanol–water partition coefficient (Wildman–Crippen LogP) is 3.15. The zero-order valence-electron chi connectivity index (χ0n) is 15.1. The Morgan fingerprint density at radius 2 is 1.96 bits per heavy atom. The van der Waals surface area contributed by atoms with Gasteiger partial charge < -0.3 is 11.1 Å². The van der Waals surface area contributed by atoms with E-state index < -0.39 is 0 Å². The van der Waals surface area contributed by atoms with Gasteiger partial charge in [0.15, 0.2) is 5.82 Å². The minimum Gasteiger partial charge on any atom is -0.325 e. The van der Waals surface area contributed by atoms with Crippen LogP contribution in [0.5, 0.6) is 0 Å². The summed E-state index contributed by atoms with van der Waals surface area (Å²) in [5.41, 5.74) is 8.84. The number of carbonyl (C=O) groups excluding carboxylic acids is 1. The molecule has 0 atom stereocenters. The lowest BCUT2D eigenvalue weighted by Gasteiger charge is -2.09. The molecule has 9 heteroatoms. The number of anilines is 1. The molecule has 0 spiro atoms. The molecule has 28 heavy (non-hydrogen) atoms. The summed E-state index contributed by atoms with van der Waals surface area (Å²) in [6.45, 7) is 0.927. The first-order chi connectivity index (χ1) is 12.7. The molecule has 1 saturated carbocycles. The van der Waals surface area contributed by atoms with E-state index in [0.717, 1.165) is 29.9 Å². The topological polar surface area (TPSA) is 98.7 Å². The van der Waals surface area contributed by atoms with E-state index in [-0.39, 0.29) is 30.7 Å². The zero-order valence-corrected chi connectivity index (χ0v) is 16.7. The lowest BCUT2D eigenvalue weighted by atomic mass is 10.1. The van der Waals surface area contributed by atoms with Crippen LogP contribution in [-0.4, -0.2) is 25.7 Å². The van der Waals surface area contributed by atoms with Gasteiger partial charge in [-0.25, -0.2) is 0 Å². The van der Waals surface area contributed by atoms with Crippen molar-refractivity contribution in [3.05, 3.63) is 71.4 Å². The van der Waals surface area contributed by atoms with Gasteiger partial charge in [0.2, 0.25) is 0 Å². The van der Waals surface area contributed by atoms with E-state index in [2.05, 4.69) is 20.4 Å². The fourth-order valence-electron chi connectivity index (χ4n) is 2.85. The van der Waals surface area contributed by atoms with Gasteiger partial charge in [-0.3, -0.25) is 19.4 Å². The Kier molecular flexibility index (Phi) is 7.51. The van der Waals surface area contributed by atoms with Crippen LogP contribution in [0, 0.1) is 0 Å². The molecule has 1 fully saturated rings. The molecule has 0 unspecified atom stereocenters. The van der Waals surface area contributed by atoms with Crippen LogP contribution in [0.1, 0.15) is 46.2 Å². The molecule has 1 amide bonds. The monoisotopic (exact) mass is 420 g/mol. The van der Waals surface area contributed by atoms with E-state index >= 15 is 0 Å². The number of nitrogens with zero attached hydrogens (tertiary/aromatic N) is 4. The largest absolute Gasteiger partial charge is 0.325 e. The van der Waals surface area contributed by atoms with Crippen molar-refractivity contribution < 1.29 is 4.79 Å². The number of hydrogen-bond donors (Lipinski definition) is 2. The van der Waals surface area contributed by atoms with Crippen LogP contribution in [0.4, 0.5) is 5.82 Å². The fourth-order valence-corrected chi connectivity index (χ4v) is 2.85. The van der Waals surface area contributed by atoms with Crippen molar-refractivity contribution >= 4 is 36.5 Å². The Balaban J connectivity index is 0.00000140. The molecular weight excluding hydrogens is 399 g/mol. The molecule has 0 saturated heterocycles. The average molecular weight is 421 g/mol. The number of nitrogens with one attached hydrogen (secondary N) is 1. The highest BCUT2D eigenvalue weighted by Gasteiger charge is 2.30. The maximum Gasteiger partial charge on any atom is 0.258 e. The van der Waals surface area contributed by atoms with Crippen molar-refractivity contribution in [1.29, 1.82) is 0 Å². The molecule has 1 aliphatic carbocycles. The minimum absolute atomic E-state index is 0. The second kappa shape index (κ2) is 9.64. The van der Waals surface area contributed by atoms with E-state index in [1.54, 1.807) is 23.0 Å². The highest BCUT2D eigenvalue weighted by atomic mass is 35.5. The summed E-state index contributed by atoms with van der Waals surface area (Å²) < 4.78 is 1.75. The molecule has 4 rings (SSSR count). The van der Waals surface area contributed by atoms with Gasteiger partial charge in [-0.1, -0.05) is 6.07 Å². The maximum atomic E-state index is 12.7. The average Bonchev–Trinajstić information content (AvgIpc) is 3.43. The SMILES string of the molecule is Cl.Cl.NCc1ccc(C(=O)Nc2ccn(Cc3ccccn3)n2)c(C2CC2)n1. The third-order valence-electron chi connectivity index (χ3n) is 4.33. The van der Waals surface area contributed by atoms with E-state index in [0.29, 0.717) is 30.4 Å². The quantitative estimate of drug-likeness (QED) is 0.637. The van der Waals surface area contributed by atoms with Crippen LogP contribution in [0.3, 0.4) is 0 Å². The van der Waals surface area contributed by atoms with Crippen molar-refractivity contribution in [1.82, 2.24) is 19.7 Å². The summed E-state index contributed by atoms with van der Waals surface area (Å²) >= 11 is 0. The number of hydrogen-bond acceptors (Lipinski definition) is 5. The number of aromatic nitrogens is 4. The molecule has 3 N–H and O–H groups in total. The Labute approximate surface area is 175 Å². The number of amides is 1. The first-order valence-corrected chi connectivity index (χ1v) is 8.67. The molecule has 3 aromatic rings. The number of halogens is 2. The summed E-state index contributed by atoms with van der Waals surface area (Å²) in [6.07, 6.45) is 5.71. The van der Waals surface area contributed by atoms with Crippen LogP contribution in [-0.2, 0) is 13.1 Å². The van der Waals surface area contributed by atoms with Gasteiger partial charge in [0.25, 0.3) is 5.91 Å². The number of rotatable bonds is 6. The van der Waals surface area contributed by atoms with E-state index in [1.807, 2.05) is 30.5 Å². The van der Waals surface area contributed by atoms with E-state index in [4.69, 9.17) is 5.73 Å². The highest BCUT2D eigenvalue weighted by Crippen LogP contribution is 2.40. The molecule has 0 radical (unpaired) electrons. The predicted molar refractivity (Wildman–Crippen MR) is 112 cm³/mol. The van der Waals surface area contributed by atoms with Crippen LogP contribution in [0.2, 0.25) is 0 Å². The summed E-state index contributed by atoms with van der Waals surface area (Å²) in [4.78, 5) is 21.5. The molecule has 148 valence electrons. The molecule has 3 heterocycles. The zero-order chi connectivity index (χ0) is 17.9. The lowest BCUT2D eigenvalue weighted by Crippen LogP contribution is -2.17. The first-order valence-electron chi connectivity index (χ1n) is 8.67. The molecular formula is C19H22Cl2N6O. The molecule has 3 aromatic heterocycles. The minimum atomic E-state index is -0.189. The summed E-state index contributed by atoms with van der Waals surface area (Å²) in [7, 11) is 0. The number of carbonyl (C=O) groups is 1. The molecule has 0 aromatic carbocycles. The highest BCUT2D eigenvalue weighted by molar-refractivity contribution is 6.04. The van der Waals surface area contributed by atoms with Gasteiger partial charge in [0.1, 0.15) is 0 Å². The smallest absolute Gasteiger partial charge is 0.258 e. The Hall–Kier alpha value is -2.48. The first kappa shape index (κ1) is 21.8. The fraction of sp³-hybridized carbons (Fsp3) is 0.263. The second-order valence-electron chi connectivity index (χ2n) is 6.39. The van der Waals surface area contributed by atoms with Crippen molar-refractivity contribution in [2.45, 2.75) is 31.8 Å². The van der Waals surface area contributed by atoms with Gasteiger partial charge in [-0.15, -0.1) is 24.8 Å². The van der Waals surface area contributed by atoms with Crippen LogP contribution in [0.25, 0.3) is 0 Å². The Morgan fingerprint density at radius 3 is 2.64 bits per heavy atom. The lowest BCUT2D eigenvalue weighted by molar-refractivity contribution is 0.102.